The molecular formula is C16H12ClN3O. The van der Waals surface area contributed by atoms with Crippen LogP contribution in [-0.4, -0.2) is 16.1 Å². The fourth-order valence-electron chi connectivity index (χ4n) is 1.98. The van der Waals surface area contributed by atoms with Gasteiger partial charge in [0, 0.05) is 6.07 Å². The second-order valence-corrected chi connectivity index (χ2v) is 4.87. The van der Waals surface area contributed by atoms with E-state index in [-0.39, 0.29) is 5.91 Å². The Balaban J connectivity index is 1.79. The van der Waals surface area contributed by atoms with Crippen molar-refractivity contribution < 1.29 is 4.79 Å². The lowest BCUT2D eigenvalue weighted by Gasteiger charge is -2.03. The van der Waals surface area contributed by atoms with Crippen molar-refractivity contribution in [3.05, 3.63) is 71.2 Å². The van der Waals surface area contributed by atoms with Crippen LogP contribution >= 0.6 is 11.6 Å². The molecule has 2 aromatic carbocycles. The van der Waals surface area contributed by atoms with E-state index in [0.29, 0.717) is 16.4 Å². The predicted molar refractivity (Wildman–Crippen MR) is 83.4 cm³/mol. The van der Waals surface area contributed by atoms with Crippen molar-refractivity contribution in [1.82, 2.24) is 10.2 Å². The van der Waals surface area contributed by atoms with E-state index in [1.165, 1.54) is 0 Å². The van der Waals surface area contributed by atoms with Crippen LogP contribution < -0.4 is 5.32 Å². The zero-order chi connectivity index (χ0) is 14.7. The van der Waals surface area contributed by atoms with Gasteiger partial charge in [0.25, 0.3) is 5.91 Å². The zero-order valence-corrected chi connectivity index (χ0v) is 11.8. The molecule has 0 spiro atoms. The van der Waals surface area contributed by atoms with Crippen LogP contribution in [0.3, 0.4) is 0 Å². The number of nitrogens with zero attached hydrogens (tertiary/aromatic N) is 1. The van der Waals surface area contributed by atoms with Gasteiger partial charge in [0.1, 0.15) is 0 Å². The van der Waals surface area contributed by atoms with Crippen LogP contribution in [0.2, 0.25) is 5.02 Å². The largest absolute Gasteiger partial charge is 0.305 e. The third-order valence-corrected chi connectivity index (χ3v) is 3.35. The van der Waals surface area contributed by atoms with E-state index in [4.69, 9.17) is 11.6 Å². The van der Waals surface area contributed by atoms with Gasteiger partial charge in [-0.05, 0) is 17.7 Å². The number of H-pyrrole nitrogens is 1. The van der Waals surface area contributed by atoms with Gasteiger partial charge in [-0.25, -0.2) is 0 Å². The fourth-order valence-corrected chi connectivity index (χ4v) is 2.20. The minimum atomic E-state index is -0.285. The number of carbonyl (C=O) groups is 1. The van der Waals surface area contributed by atoms with Gasteiger partial charge in [-0.2, -0.15) is 5.10 Å². The van der Waals surface area contributed by atoms with Crippen LogP contribution in [0.4, 0.5) is 5.82 Å². The molecule has 0 aliphatic rings. The molecule has 21 heavy (non-hydrogen) atoms. The van der Waals surface area contributed by atoms with Crippen molar-refractivity contribution in [2.45, 2.75) is 0 Å². The maximum absolute atomic E-state index is 12.1. The average Bonchev–Trinajstić information content (AvgIpc) is 2.97. The molecule has 5 heteroatoms. The van der Waals surface area contributed by atoms with E-state index >= 15 is 0 Å². The summed E-state index contributed by atoms with van der Waals surface area (Å²) in [6, 6.07) is 18.4. The lowest BCUT2D eigenvalue weighted by atomic mass is 10.1. The molecule has 1 heterocycles. The van der Waals surface area contributed by atoms with Gasteiger partial charge in [-0.3, -0.25) is 9.89 Å². The summed E-state index contributed by atoms with van der Waals surface area (Å²) < 4.78 is 0. The van der Waals surface area contributed by atoms with Crippen LogP contribution in [0.25, 0.3) is 11.3 Å². The number of aromatic amines is 1. The van der Waals surface area contributed by atoms with Crippen molar-refractivity contribution in [2.75, 3.05) is 5.32 Å². The standard InChI is InChI=1S/C16H12ClN3O/c17-13-9-5-4-8-12(13)16(21)18-15-10-14(19-20-15)11-6-2-1-3-7-11/h1-10H,(H2,18,19,20,21). The minimum Gasteiger partial charge on any atom is -0.305 e. The first-order chi connectivity index (χ1) is 10.2. The molecule has 4 nitrogen and oxygen atoms in total. The highest BCUT2D eigenvalue weighted by Gasteiger charge is 2.11. The summed E-state index contributed by atoms with van der Waals surface area (Å²) in [6.07, 6.45) is 0. The number of benzene rings is 2. The fraction of sp³-hybridized carbons (Fsp3) is 0. The van der Waals surface area contributed by atoms with E-state index in [2.05, 4.69) is 15.5 Å². The monoisotopic (exact) mass is 297 g/mol. The highest BCUT2D eigenvalue weighted by atomic mass is 35.5. The van der Waals surface area contributed by atoms with Gasteiger partial charge >= 0.3 is 0 Å². The van der Waals surface area contributed by atoms with E-state index in [9.17, 15) is 4.79 Å². The number of rotatable bonds is 3. The molecule has 0 radical (unpaired) electrons. The number of hydrogen-bond donors (Lipinski definition) is 2. The Morgan fingerprint density at radius 3 is 2.52 bits per heavy atom. The quantitative estimate of drug-likeness (QED) is 0.768. The van der Waals surface area contributed by atoms with Crippen LogP contribution in [0.1, 0.15) is 10.4 Å². The molecule has 1 aromatic heterocycles. The van der Waals surface area contributed by atoms with Crippen LogP contribution in [0.15, 0.2) is 60.7 Å². The summed E-state index contributed by atoms with van der Waals surface area (Å²) in [4.78, 5) is 12.1. The maximum atomic E-state index is 12.1. The summed E-state index contributed by atoms with van der Waals surface area (Å²) in [5, 5.41) is 10.1. The molecule has 1 amide bonds. The third-order valence-electron chi connectivity index (χ3n) is 3.02. The Kier molecular flexibility index (Phi) is 3.71. The van der Waals surface area contributed by atoms with Crippen LogP contribution in [0, 0.1) is 0 Å². The van der Waals surface area contributed by atoms with E-state index in [0.717, 1.165) is 11.3 Å². The van der Waals surface area contributed by atoms with Crippen molar-refractivity contribution in [3.8, 4) is 11.3 Å². The zero-order valence-electron chi connectivity index (χ0n) is 11.0. The molecule has 104 valence electrons. The molecule has 2 N–H and O–H groups in total. The highest BCUT2D eigenvalue weighted by Crippen LogP contribution is 2.20. The third kappa shape index (κ3) is 2.95. The average molecular weight is 298 g/mol. The van der Waals surface area contributed by atoms with Gasteiger partial charge in [0.05, 0.1) is 16.3 Å². The Bertz CT molecular complexity index is 768. The lowest BCUT2D eigenvalue weighted by Crippen LogP contribution is -2.12. The molecule has 0 aliphatic heterocycles. The Labute approximate surface area is 126 Å². The normalized spacial score (nSPS) is 10.3. The lowest BCUT2D eigenvalue weighted by molar-refractivity contribution is 0.102. The molecular weight excluding hydrogens is 286 g/mol. The van der Waals surface area contributed by atoms with Gasteiger partial charge < -0.3 is 5.32 Å². The van der Waals surface area contributed by atoms with Crippen molar-refractivity contribution in [1.29, 1.82) is 0 Å². The van der Waals surface area contributed by atoms with Gasteiger partial charge in [-0.15, -0.1) is 0 Å². The smallest absolute Gasteiger partial charge is 0.258 e. The van der Waals surface area contributed by atoms with Crippen molar-refractivity contribution in [2.24, 2.45) is 0 Å². The van der Waals surface area contributed by atoms with Gasteiger partial charge in [-0.1, -0.05) is 54.1 Å². The van der Waals surface area contributed by atoms with E-state index < -0.39 is 0 Å². The summed E-state index contributed by atoms with van der Waals surface area (Å²) in [5.41, 5.74) is 2.26. The molecule has 3 aromatic rings. The Morgan fingerprint density at radius 2 is 1.76 bits per heavy atom. The molecule has 3 rings (SSSR count). The van der Waals surface area contributed by atoms with E-state index in [1.807, 2.05) is 30.3 Å². The van der Waals surface area contributed by atoms with Crippen molar-refractivity contribution in [3.63, 3.8) is 0 Å². The topological polar surface area (TPSA) is 57.8 Å². The molecule has 0 aliphatic carbocycles. The number of aromatic nitrogens is 2. The SMILES string of the molecule is O=C(Nc1cc(-c2ccccc2)[nH]n1)c1ccccc1Cl. The first kappa shape index (κ1) is 13.4. The molecule has 0 saturated heterocycles. The molecule has 0 bridgehead atoms. The Hall–Kier alpha value is -2.59. The molecule has 0 fully saturated rings. The van der Waals surface area contributed by atoms with Crippen molar-refractivity contribution >= 4 is 23.3 Å². The van der Waals surface area contributed by atoms with E-state index in [1.54, 1.807) is 30.3 Å². The van der Waals surface area contributed by atoms with Crippen LogP contribution in [0.5, 0.6) is 0 Å². The second-order valence-electron chi connectivity index (χ2n) is 4.47. The first-order valence-corrected chi connectivity index (χ1v) is 6.78. The number of carbonyl (C=O) groups excluding carboxylic acids is 1. The predicted octanol–water partition coefficient (Wildman–Crippen LogP) is 3.98. The summed E-state index contributed by atoms with van der Waals surface area (Å²) in [5.74, 6) is 0.172. The van der Waals surface area contributed by atoms with Crippen LogP contribution in [-0.2, 0) is 0 Å². The summed E-state index contributed by atoms with van der Waals surface area (Å²) in [7, 11) is 0. The molecule has 0 saturated carbocycles. The van der Waals surface area contributed by atoms with Gasteiger partial charge in [0.15, 0.2) is 5.82 Å². The summed E-state index contributed by atoms with van der Waals surface area (Å²) >= 11 is 6.00. The number of amides is 1. The Morgan fingerprint density at radius 1 is 1.05 bits per heavy atom. The second kappa shape index (κ2) is 5.81. The number of anilines is 1. The highest BCUT2D eigenvalue weighted by molar-refractivity contribution is 6.34. The number of nitrogens with one attached hydrogen (secondary N) is 2. The summed E-state index contributed by atoms with van der Waals surface area (Å²) in [6.45, 7) is 0. The number of hydrogen-bond acceptors (Lipinski definition) is 2. The number of halogens is 1. The molecule has 0 unspecified atom stereocenters. The first-order valence-electron chi connectivity index (χ1n) is 6.41. The minimum absolute atomic E-state index is 0.285. The van der Waals surface area contributed by atoms with Gasteiger partial charge in [0.2, 0.25) is 0 Å². The molecule has 0 atom stereocenters. The maximum Gasteiger partial charge on any atom is 0.258 e.